The predicted octanol–water partition coefficient (Wildman–Crippen LogP) is 5.01. The van der Waals surface area contributed by atoms with Crippen LogP contribution >= 0.6 is 11.6 Å². The molecule has 1 unspecified atom stereocenters. The van der Waals surface area contributed by atoms with E-state index in [0.29, 0.717) is 39.1 Å². The third-order valence-electron chi connectivity index (χ3n) is 5.87. The minimum Gasteiger partial charge on any atom is -0.507 e. The fraction of sp³-hybridized carbons (Fsp3) is 0.154. The number of carbonyl (C=O) groups is 2. The van der Waals surface area contributed by atoms with Gasteiger partial charge in [-0.3, -0.25) is 14.5 Å². The van der Waals surface area contributed by atoms with E-state index in [0.717, 1.165) is 5.56 Å². The number of aryl methyl sites for hydroxylation is 1. The Morgan fingerprint density at radius 2 is 1.76 bits per heavy atom. The molecule has 3 aromatic carbocycles. The van der Waals surface area contributed by atoms with Crippen molar-refractivity contribution in [3.63, 3.8) is 0 Å². The Labute approximate surface area is 200 Å². The van der Waals surface area contributed by atoms with E-state index in [4.69, 9.17) is 25.8 Å². The van der Waals surface area contributed by atoms with Crippen molar-refractivity contribution in [1.29, 1.82) is 0 Å². The number of fused-ring (bicyclic) bond motifs is 1. The Morgan fingerprint density at radius 3 is 2.50 bits per heavy atom. The molecule has 2 heterocycles. The van der Waals surface area contributed by atoms with Gasteiger partial charge < -0.3 is 19.3 Å². The first kappa shape index (κ1) is 21.9. The van der Waals surface area contributed by atoms with Crippen LogP contribution in [0.2, 0.25) is 5.02 Å². The number of hydrogen-bond donors (Lipinski definition) is 1. The van der Waals surface area contributed by atoms with Gasteiger partial charge in [-0.15, -0.1) is 0 Å². The van der Waals surface area contributed by atoms with Crippen molar-refractivity contribution in [2.75, 3.05) is 18.8 Å². The normalized spacial score (nSPS) is 18.4. The molecule has 0 radical (unpaired) electrons. The molecule has 8 heteroatoms. The summed E-state index contributed by atoms with van der Waals surface area (Å²) in [6, 6.07) is 16.1. The lowest BCUT2D eigenvalue weighted by Gasteiger charge is -2.25. The minimum absolute atomic E-state index is 0.0473. The van der Waals surface area contributed by atoms with Crippen molar-refractivity contribution in [1.82, 2.24) is 0 Å². The van der Waals surface area contributed by atoms with E-state index in [1.807, 2.05) is 13.0 Å². The summed E-state index contributed by atoms with van der Waals surface area (Å²) in [6.45, 7) is 1.93. The number of Topliss-reactive ketones (excluding diaryl/α,β-unsaturated/α-hetero) is 1. The number of carbonyl (C=O) groups excluding carboxylic acids is 2. The van der Waals surface area contributed by atoms with Crippen molar-refractivity contribution in [2.45, 2.75) is 13.0 Å². The van der Waals surface area contributed by atoms with Gasteiger partial charge in [0, 0.05) is 16.8 Å². The smallest absolute Gasteiger partial charge is 0.300 e. The topological polar surface area (TPSA) is 85.3 Å². The van der Waals surface area contributed by atoms with Crippen LogP contribution in [0.3, 0.4) is 0 Å². The van der Waals surface area contributed by atoms with Crippen molar-refractivity contribution in [3.8, 4) is 17.2 Å². The van der Waals surface area contributed by atoms with Gasteiger partial charge in [0.1, 0.15) is 11.5 Å². The summed E-state index contributed by atoms with van der Waals surface area (Å²) in [4.78, 5) is 28.0. The van der Waals surface area contributed by atoms with E-state index in [2.05, 4.69) is 0 Å². The maximum atomic E-state index is 13.3. The lowest BCUT2D eigenvalue weighted by Crippen LogP contribution is -2.29. The quantitative estimate of drug-likeness (QED) is 0.323. The monoisotopic (exact) mass is 477 g/mol. The van der Waals surface area contributed by atoms with E-state index >= 15 is 0 Å². The number of benzene rings is 3. The largest absolute Gasteiger partial charge is 0.507 e. The number of rotatable bonds is 4. The summed E-state index contributed by atoms with van der Waals surface area (Å²) in [6.07, 6.45) is 0. The zero-order chi connectivity index (χ0) is 24.0. The van der Waals surface area contributed by atoms with Gasteiger partial charge in [0.2, 0.25) is 6.79 Å². The lowest BCUT2D eigenvalue weighted by atomic mass is 9.94. The third-order valence-corrected chi connectivity index (χ3v) is 6.13. The first-order valence-electron chi connectivity index (χ1n) is 10.5. The molecule has 1 fully saturated rings. The number of aliphatic hydroxyl groups excluding tert-OH is 1. The molecule has 0 aliphatic carbocycles. The second-order valence-corrected chi connectivity index (χ2v) is 8.40. The first-order valence-corrected chi connectivity index (χ1v) is 10.9. The molecule has 172 valence electrons. The van der Waals surface area contributed by atoms with Crippen LogP contribution in [0.4, 0.5) is 5.69 Å². The van der Waals surface area contributed by atoms with Crippen molar-refractivity contribution < 1.29 is 28.9 Å². The number of nitrogens with zero attached hydrogens (tertiary/aromatic N) is 1. The molecule has 1 amide bonds. The van der Waals surface area contributed by atoms with Gasteiger partial charge in [0.25, 0.3) is 11.7 Å². The molecule has 1 N–H and O–H groups in total. The minimum atomic E-state index is -0.900. The number of methoxy groups -OCH3 is 1. The Balaban J connectivity index is 1.73. The molecule has 1 atom stereocenters. The Hall–Kier alpha value is -3.97. The van der Waals surface area contributed by atoms with Crippen molar-refractivity contribution in [3.05, 3.63) is 87.9 Å². The standard InChI is InChI=1S/C26H20ClNO6/c1-14-3-9-19(32-2)18(11-14)24(29)22-23(15-4-6-16(27)7-5-15)28(26(31)25(22)30)17-8-10-20-21(12-17)34-13-33-20/h3-12,23,29H,13H2,1-2H3/b24-22+. The van der Waals surface area contributed by atoms with Crippen LogP contribution in [-0.4, -0.2) is 30.7 Å². The molecule has 0 spiro atoms. The highest BCUT2D eigenvalue weighted by Gasteiger charge is 2.47. The van der Waals surface area contributed by atoms with Crippen LogP contribution < -0.4 is 19.1 Å². The van der Waals surface area contributed by atoms with Gasteiger partial charge >= 0.3 is 0 Å². The number of ether oxygens (including phenoxy) is 3. The summed E-state index contributed by atoms with van der Waals surface area (Å²) in [5.41, 5.74) is 2.17. The predicted molar refractivity (Wildman–Crippen MR) is 127 cm³/mol. The molecule has 3 aromatic rings. The van der Waals surface area contributed by atoms with E-state index in [1.54, 1.807) is 54.6 Å². The van der Waals surface area contributed by atoms with Crippen LogP contribution in [0, 0.1) is 6.92 Å². The van der Waals surface area contributed by atoms with Crippen LogP contribution in [0.15, 0.2) is 66.2 Å². The zero-order valence-corrected chi connectivity index (χ0v) is 19.1. The summed E-state index contributed by atoms with van der Waals surface area (Å²) < 4.78 is 16.2. The molecule has 0 aromatic heterocycles. The number of anilines is 1. The molecule has 0 saturated carbocycles. The van der Waals surface area contributed by atoms with E-state index in [-0.39, 0.29) is 18.1 Å². The first-order chi connectivity index (χ1) is 16.4. The molecule has 2 aliphatic heterocycles. The van der Waals surface area contributed by atoms with E-state index in [1.165, 1.54) is 12.0 Å². The maximum Gasteiger partial charge on any atom is 0.300 e. The maximum absolute atomic E-state index is 13.3. The molecule has 5 rings (SSSR count). The second-order valence-electron chi connectivity index (χ2n) is 7.96. The summed E-state index contributed by atoms with van der Waals surface area (Å²) in [5, 5.41) is 11.9. The molecular formula is C26H20ClNO6. The Kier molecular flexibility index (Phi) is 5.42. The highest BCUT2D eigenvalue weighted by Crippen LogP contribution is 2.45. The van der Waals surface area contributed by atoms with Crippen molar-refractivity contribution >= 4 is 34.7 Å². The molecule has 34 heavy (non-hydrogen) atoms. The third kappa shape index (κ3) is 3.54. The fourth-order valence-corrected chi connectivity index (χ4v) is 4.37. The lowest BCUT2D eigenvalue weighted by molar-refractivity contribution is -0.132. The van der Waals surface area contributed by atoms with Crippen LogP contribution in [0.1, 0.15) is 22.7 Å². The van der Waals surface area contributed by atoms with Crippen molar-refractivity contribution in [2.24, 2.45) is 0 Å². The Bertz CT molecular complexity index is 1350. The molecule has 1 saturated heterocycles. The van der Waals surface area contributed by atoms with Crippen LogP contribution in [0.5, 0.6) is 17.2 Å². The fourth-order valence-electron chi connectivity index (χ4n) is 4.25. The van der Waals surface area contributed by atoms with E-state index < -0.39 is 17.7 Å². The molecule has 7 nitrogen and oxygen atoms in total. The molecule has 0 bridgehead atoms. The van der Waals surface area contributed by atoms with Gasteiger partial charge in [-0.25, -0.2) is 0 Å². The summed E-state index contributed by atoms with van der Waals surface area (Å²) in [7, 11) is 1.48. The number of hydrogen-bond acceptors (Lipinski definition) is 6. The van der Waals surface area contributed by atoms with E-state index in [9.17, 15) is 14.7 Å². The average molecular weight is 478 g/mol. The number of aliphatic hydroxyl groups is 1. The van der Waals surface area contributed by atoms with Gasteiger partial charge in [-0.2, -0.15) is 0 Å². The average Bonchev–Trinajstić information content (AvgIpc) is 3.41. The highest BCUT2D eigenvalue weighted by molar-refractivity contribution is 6.51. The van der Waals surface area contributed by atoms with Gasteiger partial charge in [-0.1, -0.05) is 35.4 Å². The second kappa shape index (κ2) is 8.43. The molecule has 2 aliphatic rings. The molecular weight excluding hydrogens is 458 g/mol. The highest BCUT2D eigenvalue weighted by atomic mass is 35.5. The van der Waals surface area contributed by atoms with Crippen LogP contribution in [-0.2, 0) is 9.59 Å². The van der Waals surface area contributed by atoms with Gasteiger partial charge in [0.15, 0.2) is 11.5 Å². The van der Waals surface area contributed by atoms with Gasteiger partial charge in [-0.05, 0) is 48.9 Å². The zero-order valence-electron chi connectivity index (χ0n) is 18.4. The number of halogens is 1. The summed E-state index contributed by atoms with van der Waals surface area (Å²) >= 11 is 6.09. The Morgan fingerprint density at radius 1 is 1.03 bits per heavy atom. The number of amides is 1. The summed E-state index contributed by atoms with van der Waals surface area (Å²) in [5.74, 6) is -0.498. The van der Waals surface area contributed by atoms with Crippen LogP contribution in [0.25, 0.3) is 5.76 Å². The SMILES string of the molecule is COc1ccc(C)cc1/C(O)=C1\C(=O)C(=O)N(c2ccc3c(c2)OCO3)C1c1ccc(Cl)cc1. The van der Waals surface area contributed by atoms with Gasteiger partial charge in [0.05, 0.1) is 24.3 Å². The number of ketones is 1.